The molecule has 0 radical (unpaired) electrons. The Morgan fingerprint density at radius 1 is 0.422 bits per heavy atom. The number of hydrogen-bond acceptors (Lipinski definition) is 8. The van der Waals surface area contributed by atoms with E-state index in [1.165, 1.54) is 205 Å². The number of nitrogens with one attached hydrogen (secondary N) is 2. The second-order valence-electron chi connectivity index (χ2n) is 27.4. The molecule has 4 aromatic carbocycles. The third-order valence-electron chi connectivity index (χ3n) is 19.0. The number of carbonyl (C=O) groups excluding carboxylic acids is 1. The van der Waals surface area contributed by atoms with E-state index in [4.69, 9.17) is 28.4 Å². The van der Waals surface area contributed by atoms with Gasteiger partial charge in [-0.3, -0.25) is 4.79 Å². The van der Waals surface area contributed by atoms with E-state index in [2.05, 4.69) is 122 Å². The van der Waals surface area contributed by atoms with Crippen molar-refractivity contribution in [3.05, 3.63) is 144 Å². The van der Waals surface area contributed by atoms with E-state index in [9.17, 15) is 4.79 Å². The second-order valence-corrected chi connectivity index (χ2v) is 27.4. The maximum atomic E-state index is 14.4. The predicted octanol–water partition coefficient (Wildman–Crippen LogP) is 21.2. The molecule has 1 saturated heterocycles. The lowest BCUT2D eigenvalue weighted by Gasteiger charge is -2.47. The molecule has 0 bridgehead atoms. The first-order valence-corrected chi connectivity index (χ1v) is 37.3. The molecule has 1 heterocycles. The van der Waals surface area contributed by atoms with E-state index in [-0.39, 0.29) is 36.3 Å². The van der Waals surface area contributed by atoms with E-state index >= 15 is 0 Å². The Hall–Kier alpha value is -3.93. The Bertz CT molecular complexity index is 2300. The van der Waals surface area contributed by atoms with Gasteiger partial charge >= 0.3 is 0 Å². The fraction of sp³-hybridized carbons (Fsp3) is 0.691. The summed E-state index contributed by atoms with van der Waals surface area (Å²) < 4.78 is 42.2. The van der Waals surface area contributed by atoms with Crippen molar-refractivity contribution in [2.24, 2.45) is 0 Å². The van der Waals surface area contributed by atoms with Crippen LogP contribution in [0, 0.1) is 0 Å². The van der Waals surface area contributed by atoms with Crippen LogP contribution < -0.4 is 10.6 Å². The third kappa shape index (κ3) is 32.3. The average Bonchev–Trinajstić information content (AvgIpc) is 1.36. The molecule has 1 amide bonds. The van der Waals surface area contributed by atoms with Crippen LogP contribution in [-0.4, -0.2) is 66.9 Å². The summed E-state index contributed by atoms with van der Waals surface area (Å²) in [6.45, 7) is 10.7. The molecule has 1 saturated carbocycles. The third-order valence-corrected chi connectivity index (χ3v) is 19.0. The summed E-state index contributed by atoms with van der Waals surface area (Å²) in [6.07, 6.45) is 46.3. The molecule has 9 heteroatoms. The molecule has 1 aliphatic heterocycles. The van der Waals surface area contributed by atoms with Crippen LogP contribution in [0.1, 0.15) is 294 Å². The van der Waals surface area contributed by atoms with Crippen molar-refractivity contribution in [1.29, 1.82) is 0 Å². The summed E-state index contributed by atoms with van der Waals surface area (Å²) in [7, 11) is 0. The summed E-state index contributed by atoms with van der Waals surface area (Å²) in [4.78, 5) is 14.4. The topological polar surface area (TPSA) is 96.5 Å². The van der Waals surface area contributed by atoms with E-state index in [1.54, 1.807) is 0 Å². The van der Waals surface area contributed by atoms with E-state index in [1.807, 2.05) is 38.1 Å². The zero-order chi connectivity index (χ0) is 63.2. The summed E-state index contributed by atoms with van der Waals surface area (Å²) in [5.74, 6) is -0.713. The smallest absolute Gasteiger partial charge is 0.220 e. The van der Waals surface area contributed by atoms with Crippen molar-refractivity contribution in [2.45, 2.75) is 353 Å². The molecule has 90 heavy (non-hydrogen) atoms. The Balaban J connectivity index is 1.08. The van der Waals surface area contributed by atoms with Crippen molar-refractivity contribution in [1.82, 2.24) is 10.6 Å². The quantitative estimate of drug-likeness (QED) is 0.0422. The van der Waals surface area contributed by atoms with Gasteiger partial charge in [-0.1, -0.05) is 353 Å². The first kappa shape index (κ1) is 75.1. The number of benzene rings is 4. The molecule has 504 valence electrons. The highest BCUT2D eigenvalue weighted by Crippen LogP contribution is 2.36. The Labute approximate surface area is 549 Å². The van der Waals surface area contributed by atoms with Crippen LogP contribution in [0.3, 0.4) is 0 Å². The van der Waals surface area contributed by atoms with Gasteiger partial charge in [-0.05, 0) is 55.4 Å². The first-order chi connectivity index (χ1) is 44.3. The normalized spacial score (nSPS) is 20.2. The van der Waals surface area contributed by atoms with Crippen LogP contribution >= 0.6 is 0 Å². The minimum Gasteiger partial charge on any atom is -0.371 e. The molecule has 0 spiro atoms. The van der Waals surface area contributed by atoms with Gasteiger partial charge in [0.05, 0.1) is 44.7 Å². The van der Waals surface area contributed by atoms with Crippen molar-refractivity contribution in [2.75, 3.05) is 6.54 Å². The standard InChI is InChI=1S/C81H128N2O7/c1-5-7-9-11-13-15-17-19-20-21-22-23-24-25-26-27-28-29-31-33-35-37-51-61-76(84)83-73(77-74(89-81(3,4)90-77)60-50-36-34-32-30-18-16-14-12-10-8-6-2)63-82-72-62-75(85-64-68-52-42-38-43-53-68)79(87-66-70-56-46-40-47-57-70)80(88-67-71-58-48-41-49-59-71)78(72)86-65-69-54-44-39-45-55-69/h38-49,52-59,72-75,77-80,82H,5-37,50-51,60-67H2,1-4H3,(H,83,84)/t72-,73+,74-,75+,77+,78+,79+,80-/m1/s1. The fourth-order valence-corrected chi connectivity index (χ4v) is 13.7. The summed E-state index contributed by atoms with van der Waals surface area (Å²) in [6, 6.07) is 40.9. The van der Waals surface area contributed by atoms with Gasteiger partial charge in [0.15, 0.2) is 5.79 Å². The van der Waals surface area contributed by atoms with Crippen molar-refractivity contribution in [3.8, 4) is 0 Å². The van der Waals surface area contributed by atoms with Crippen LogP contribution in [0.4, 0.5) is 0 Å². The minimum atomic E-state index is -0.788. The zero-order valence-corrected chi connectivity index (χ0v) is 57.4. The Kier molecular flexibility index (Phi) is 39.9. The minimum absolute atomic E-state index is 0.0748. The average molecular weight is 1240 g/mol. The lowest BCUT2D eigenvalue weighted by molar-refractivity contribution is -0.221. The molecule has 0 aromatic heterocycles. The molecule has 6 rings (SSSR count). The van der Waals surface area contributed by atoms with Crippen molar-refractivity contribution >= 4 is 5.91 Å². The van der Waals surface area contributed by atoms with Gasteiger partial charge in [0.25, 0.3) is 0 Å². The number of rotatable bonds is 54. The summed E-state index contributed by atoms with van der Waals surface area (Å²) >= 11 is 0. The number of unbranched alkanes of at least 4 members (excludes halogenated alkanes) is 33. The molecule has 9 nitrogen and oxygen atoms in total. The first-order valence-electron chi connectivity index (χ1n) is 37.3. The van der Waals surface area contributed by atoms with Gasteiger partial charge in [0.1, 0.15) is 24.4 Å². The molecule has 4 aromatic rings. The predicted molar refractivity (Wildman–Crippen MR) is 374 cm³/mol. The Morgan fingerprint density at radius 3 is 1.14 bits per heavy atom. The molecule has 0 unspecified atom stereocenters. The molecule has 2 fully saturated rings. The molecular weight excluding hydrogens is 1110 g/mol. The monoisotopic (exact) mass is 1240 g/mol. The van der Waals surface area contributed by atoms with Gasteiger partial charge in [-0.2, -0.15) is 0 Å². The summed E-state index contributed by atoms with van der Waals surface area (Å²) in [5, 5.41) is 7.63. The largest absolute Gasteiger partial charge is 0.371 e. The van der Waals surface area contributed by atoms with Crippen LogP contribution in [0.5, 0.6) is 0 Å². The van der Waals surface area contributed by atoms with Gasteiger partial charge in [-0.15, -0.1) is 0 Å². The maximum Gasteiger partial charge on any atom is 0.220 e. The van der Waals surface area contributed by atoms with Gasteiger partial charge in [0, 0.05) is 19.0 Å². The van der Waals surface area contributed by atoms with Crippen LogP contribution in [0.2, 0.25) is 0 Å². The fourth-order valence-electron chi connectivity index (χ4n) is 13.7. The molecule has 8 atom stereocenters. The van der Waals surface area contributed by atoms with Crippen molar-refractivity contribution < 1.29 is 33.2 Å². The highest BCUT2D eigenvalue weighted by molar-refractivity contribution is 5.76. The zero-order valence-electron chi connectivity index (χ0n) is 57.4. The SMILES string of the molecule is CCCCCCCCCCCCCCCCCCCCCCCCCC(=O)N[C@@H](CN[C@@H]1C[C@H](OCc2ccccc2)[C@H](OCc2ccccc2)[C@H](OCc2ccccc2)[C@H]1OCc1ccccc1)[C@@H]1OC(C)(C)O[C@@H]1CCCCCCCCCCCCCC. The summed E-state index contributed by atoms with van der Waals surface area (Å²) in [5.41, 5.74) is 4.33. The van der Waals surface area contributed by atoms with Gasteiger partial charge in [0.2, 0.25) is 5.91 Å². The number of amides is 1. The van der Waals surface area contributed by atoms with E-state index in [0.29, 0.717) is 45.8 Å². The second kappa shape index (κ2) is 47.9. The molecule has 2 N–H and O–H groups in total. The molecule has 1 aliphatic carbocycles. The van der Waals surface area contributed by atoms with Crippen LogP contribution in [0.15, 0.2) is 121 Å². The number of carbonyl (C=O) groups is 1. The highest BCUT2D eigenvalue weighted by atomic mass is 16.8. The van der Waals surface area contributed by atoms with Crippen molar-refractivity contribution in [3.63, 3.8) is 0 Å². The van der Waals surface area contributed by atoms with E-state index in [0.717, 1.165) is 47.9 Å². The number of ether oxygens (including phenoxy) is 6. The van der Waals surface area contributed by atoms with Gasteiger partial charge < -0.3 is 39.1 Å². The van der Waals surface area contributed by atoms with Crippen LogP contribution in [-0.2, 0) is 59.6 Å². The lowest BCUT2D eigenvalue weighted by Crippen LogP contribution is -2.64. The highest BCUT2D eigenvalue weighted by Gasteiger charge is 2.50. The molecular formula is C81H128N2O7. The van der Waals surface area contributed by atoms with E-state index < -0.39 is 24.1 Å². The van der Waals surface area contributed by atoms with Crippen LogP contribution in [0.25, 0.3) is 0 Å². The molecule has 2 aliphatic rings. The maximum absolute atomic E-state index is 14.4. The lowest BCUT2D eigenvalue weighted by atomic mass is 9.84. The van der Waals surface area contributed by atoms with Gasteiger partial charge in [-0.25, -0.2) is 0 Å². The number of hydrogen-bond donors (Lipinski definition) is 2. The Morgan fingerprint density at radius 2 is 0.756 bits per heavy atom.